The van der Waals surface area contributed by atoms with Gasteiger partial charge in [0.15, 0.2) is 0 Å². The molecule has 2 aromatic carbocycles. The van der Waals surface area contributed by atoms with Gasteiger partial charge in [-0.25, -0.2) is 0 Å². The average molecular weight is 422 g/mol. The van der Waals surface area contributed by atoms with Crippen molar-refractivity contribution in [3.05, 3.63) is 41.5 Å². The molecule has 2 aliphatic heterocycles. The van der Waals surface area contributed by atoms with E-state index in [1.54, 1.807) is 7.05 Å². The lowest BCUT2D eigenvalue weighted by Crippen LogP contribution is -2.42. The molecular weight excluding hydrogens is 386 g/mol. The maximum absolute atomic E-state index is 13.1. The third-order valence-corrected chi connectivity index (χ3v) is 6.93. The number of nitrogens with zero attached hydrogens (tertiary/aromatic N) is 2. The van der Waals surface area contributed by atoms with Gasteiger partial charge in [-0.2, -0.15) is 0 Å². The zero-order chi connectivity index (χ0) is 21.8. The number of unbranched alkanes of at least 4 members (excludes halogenated alkanes) is 1. The maximum atomic E-state index is 13.1. The highest BCUT2D eigenvalue weighted by Crippen LogP contribution is 2.36. The van der Waals surface area contributed by atoms with Crippen molar-refractivity contribution >= 4 is 28.3 Å². The third-order valence-electron chi connectivity index (χ3n) is 6.93. The molecule has 2 amide bonds. The van der Waals surface area contributed by atoms with Gasteiger partial charge in [-0.05, 0) is 60.9 Å². The highest BCUT2D eigenvalue weighted by molar-refractivity contribution is 6.12. The number of rotatable bonds is 6. The second-order valence-corrected chi connectivity index (χ2v) is 8.96. The van der Waals surface area contributed by atoms with Crippen LogP contribution in [-0.2, 0) is 11.2 Å². The number of aryl methyl sites for hydroxylation is 1. The molecule has 4 rings (SSSR count). The van der Waals surface area contributed by atoms with Gasteiger partial charge in [-0.15, -0.1) is 0 Å². The minimum Gasteiger partial charge on any atom is -0.371 e. The van der Waals surface area contributed by atoms with E-state index in [9.17, 15) is 9.59 Å². The Morgan fingerprint density at radius 1 is 1.06 bits per heavy atom. The number of carbonyl (C=O) groups is 2. The summed E-state index contributed by atoms with van der Waals surface area (Å²) >= 11 is 0. The van der Waals surface area contributed by atoms with E-state index < -0.39 is 0 Å². The molecule has 5 heteroatoms. The van der Waals surface area contributed by atoms with E-state index in [-0.39, 0.29) is 11.8 Å². The van der Waals surface area contributed by atoms with Crippen molar-refractivity contribution in [1.29, 1.82) is 0 Å². The van der Waals surface area contributed by atoms with Gasteiger partial charge in [0.05, 0.1) is 11.3 Å². The van der Waals surface area contributed by atoms with Crippen LogP contribution in [0, 0.1) is 5.92 Å². The summed E-state index contributed by atoms with van der Waals surface area (Å²) in [5.74, 6) is 0.436. The van der Waals surface area contributed by atoms with Gasteiger partial charge in [0.2, 0.25) is 5.91 Å². The molecule has 5 nitrogen and oxygen atoms in total. The van der Waals surface area contributed by atoms with Crippen LogP contribution in [0.15, 0.2) is 30.3 Å². The number of carbonyl (C=O) groups excluding carboxylic acids is 2. The van der Waals surface area contributed by atoms with E-state index in [0.717, 1.165) is 93.1 Å². The van der Waals surface area contributed by atoms with Gasteiger partial charge >= 0.3 is 0 Å². The van der Waals surface area contributed by atoms with Crippen LogP contribution >= 0.6 is 0 Å². The van der Waals surface area contributed by atoms with E-state index in [2.05, 4.69) is 40.2 Å². The van der Waals surface area contributed by atoms with E-state index >= 15 is 0 Å². The Labute approximate surface area is 185 Å². The fourth-order valence-corrected chi connectivity index (χ4v) is 5.21. The Morgan fingerprint density at radius 2 is 1.77 bits per heavy atom. The van der Waals surface area contributed by atoms with E-state index in [1.807, 2.05) is 12.1 Å². The first kappa shape index (κ1) is 21.7. The van der Waals surface area contributed by atoms with Gasteiger partial charge in [-0.1, -0.05) is 37.6 Å². The van der Waals surface area contributed by atoms with Gasteiger partial charge < -0.3 is 15.1 Å². The largest absolute Gasteiger partial charge is 0.371 e. The molecule has 2 saturated heterocycles. The number of anilines is 1. The SMILES string of the molecule is CCCCc1cc2ccccc2c(C(=O)NC)c1N1CCC(C(=O)N2CCCC2)CC1. The summed E-state index contributed by atoms with van der Waals surface area (Å²) in [7, 11) is 1.71. The molecule has 1 N–H and O–H groups in total. The van der Waals surface area contributed by atoms with E-state index in [1.165, 1.54) is 5.56 Å². The summed E-state index contributed by atoms with van der Waals surface area (Å²) in [6.07, 6.45) is 7.19. The van der Waals surface area contributed by atoms with Gasteiger partial charge in [-0.3, -0.25) is 9.59 Å². The first-order valence-corrected chi connectivity index (χ1v) is 11.9. The van der Waals surface area contributed by atoms with Crippen LogP contribution < -0.4 is 10.2 Å². The molecule has 0 aromatic heterocycles. The predicted octanol–water partition coefficient (Wildman–Crippen LogP) is 4.38. The van der Waals surface area contributed by atoms with Crippen molar-refractivity contribution in [1.82, 2.24) is 10.2 Å². The van der Waals surface area contributed by atoms with Crippen LogP contribution in [0.2, 0.25) is 0 Å². The molecule has 2 fully saturated rings. The fourth-order valence-electron chi connectivity index (χ4n) is 5.21. The van der Waals surface area contributed by atoms with Crippen molar-refractivity contribution in [2.24, 2.45) is 5.92 Å². The van der Waals surface area contributed by atoms with E-state index in [4.69, 9.17) is 0 Å². The van der Waals surface area contributed by atoms with Gasteiger partial charge in [0.25, 0.3) is 5.91 Å². The molecular formula is C26H35N3O2. The number of amides is 2. The van der Waals surface area contributed by atoms with Crippen LogP contribution in [-0.4, -0.2) is 49.9 Å². The zero-order valence-corrected chi connectivity index (χ0v) is 19.0. The third kappa shape index (κ3) is 4.41. The molecule has 0 bridgehead atoms. The second-order valence-electron chi connectivity index (χ2n) is 8.96. The first-order chi connectivity index (χ1) is 15.1. The van der Waals surface area contributed by atoms with Crippen LogP contribution in [0.25, 0.3) is 10.8 Å². The summed E-state index contributed by atoms with van der Waals surface area (Å²) in [6, 6.07) is 10.5. The normalized spacial score (nSPS) is 17.4. The van der Waals surface area contributed by atoms with E-state index in [0.29, 0.717) is 5.91 Å². The summed E-state index contributed by atoms with van der Waals surface area (Å²) in [6.45, 7) is 5.70. The van der Waals surface area contributed by atoms with Crippen molar-refractivity contribution in [3.63, 3.8) is 0 Å². The monoisotopic (exact) mass is 421 g/mol. The highest BCUT2D eigenvalue weighted by atomic mass is 16.2. The molecule has 2 aromatic rings. The predicted molar refractivity (Wildman–Crippen MR) is 127 cm³/mol. The Hall–Kier alpha value is -2.56. The summed E-state index contributed by atoms with van der Waals surface area (Å²) in [4.78, 5) is 30.4. The Morgan fingerprint density at radius 3 is 2.45 bits per heavy atom. The molecule has 0 radical (unpaired) electrons. The quantitative estimate of drug-likeness (QED) is 0.753. The minimum atomic E-state index is -0.0279. The standard InChI is InChI=1S/C26H35N3O2/c1-3-4-9-21-18-20-10-5-6-11-22(20)23(25(30)27-2)24(21)28-16-12-19(13-17-28)26(31)29-14-7-8-15-29/h5-6,10-11,18-19H,3-4,7-9,12-17H2,1-2H3,(H,27,30). The first-order valence-electron chi connectivity index (χ1n) is 11.9. The van der Waals surface area contributed by atoms with Crippen LogP contribution in [0.1, 0.15) is 61.4 Å². The topological polar surface area (TPSA) is 52.7 Å². The molecule has 0 atom stereocenters. The molecule has 0 aliphatic carbocycles. The molecule has 31 heavy (non-hydrogen) atoms. The Bertz CT molecular complexity index is 941. The number of nitrogens with one attached hydrogen (secondary N) is 1. The lowest BCUT2D eigenvalue weighted by molar-refractivity contribution is -0.135. The van der Waals surface area contributed by atoms with Crippen molar-refractivity contribution < 1.29 is 9.59 Å². The van der Waals surface area contributed by atoms with Gasteiger partial charge in [0.1, 0.15) is 0 Å². The lowest BCUT2D eigenvalue weighted by atomic mass is 9.90. The van der Waals surface area contributed by atoms with Crippen molar-refractivity contribution in [3.8, 4) is 0 Å². The molecule has 2 heterocycles. The average Bonchev–Trinajstić information content (AvgIpc) is 3.36. The number of hydrogen-bond donors (Lipinski definition) is 1. The highest BCUT2D eigenvalue weighted by Gasteiger charge is 2.32. The number of hydrogen-bond acceptors (Lipinski definition) is 3. The summed E-state index contributed by atoms with van der Waals surface area (Å²) < 4.78 is 0. The maximum Gasteiger partial charge on any atom is 0.253 e. The zero-order valence-electron chi connectivity index (χ0n) is 19.0. The number of piperidine rings is 1. The molecule has 166 valence electrons. The smallest absolute Gasteiger partial charge is 0.253 e. The summed E-state index contributed by atoms with van der Waals surface area (Å²) in [5.41, 5.74) is 3.12. The molecule has 2 aliphatic rings. The Balaban J connectivity index is 1.67. The molecule has 0 spiro atoms. The van der Waals surface area contributed by atoms with Crippen molar-refractivity contribution in [2.45, 2.75) is 51.9 Å². The molecule has 0 saturated carbocycles. The number of fused-ring (bicyclic) bond motifs is 1. The number of likely N-dealkylation sites (tertiary alicyclic amines) is 1. The number of benzene rings is 2. The Kier molecular flexibility index (Phi) is 6.79. The molecule has 0 unspecified atom stereocenters. The van der Waals surface area contributed by atoms with Crippen LogP contribution in [0.4, 0.5) is 5.69 Å². The lowest BCUT2D eigenvalue weighted by Gasteiger charge is -2.37. The second kappa shape index (κ2) is 9.71. The van der Waals surface area contributed by atoms with Crippen LogP contribution in [0.3, 0.4) is 0 Å². The summed E-state index contributed by atoms with van der Waals surface area (Å²) in [5, 5.41) is 5.00. The minimum absolute atomic E-state index is 0.0279. The van der Waals surface area contributed by atoms with Crippen LogP contribution in [0.5, 0.6) is 0 Å². The van der Waals surface area contributed by atoms with Crippen molar-refractivity contribution in [2.75, 3.05) is 38.1 Å². The van der Waals surface area contributed by atoms with Gasteiger partial charge in [0, 0.05) is 39.1 Å². The fraction of sp³-hybridized carbons (Fsp3) is 0.538.